The van der Waals surface area contributed by atoms with Crippen LogP contribution in [-0.4, -0.2) is 43.9 Å². The van der Waals surface area contributed by atoms with Crippen LogP contribution in [0.25, 0.3) is 0 Å². The number of hydrogen-bond donors (Lipinski definition) is 0. The molecule has 2 aromatic carbocycles. The van der Waals surface area contributed by atoms with Gasteiger partial charge in [0.25, 0.3) is 0 Å². The zero-order valence-corrected chi connectivity index (χ0v) is 17.1. The Hall–Kier alpha value is -2.41. The second-order valence-electron chi connectivity index (χ2n) is 7.87. The van der Waals surface area contributed by atoms with Crippen LogP contribution < -0.4 is 4.74 Å². The highest BCUT2D eigenvalue weighted by Crippen LogP contribution is 2.49. The molecule has 0 spiro atoms. The molecule has 0 N–H and O–H groups in total. The number of rotatable bonds is 6. The lowest BCUT2D eigenvalue weighted by Crippen LogP contribution is -2.41. The number of halogens is 1. The molecule has 1 saturated heterocycles. The topological polar surface area (TPSA) is 63.7 Å². The molecule has 1 aliphatic carbocycles. The van der Waals surface area contributed by atoms with E-state index in [0.717, 1.165) is 16.9 Å². The molecule has 5 nitrogen and oxygen atoms in total. The Balaban J connectivity index is 1.53. The van der Waals surface area contributed by atoms with E-state index in [1.807, 2.05) is 24.3 Å². The van der Waals surface area contributed by atoms with Crippen molar-refractivity contribution in [2.45, 2.75) is 31.3 Å². The average molecular weight is 418 g/mol. The second-order valence-corrected chi connectivity index (χ2v) is 10.1. The summed E-state index contributed by atoms with van der Waals surface area (Å²) in [6, 6.07) is 13.4. The molecular formula is C22H24FNO4S. The minimum atomic E-state index is -3.11. The number of nitrogens with zero attached hydrogens (tertiary/aromatic N) is 1. The van der Waals surface area contributed by atoms with E-state index in [0.29, 0.717) is 19.4 Å². The molecule has 0 aromatic heterocycles. The third-order valence-electron chi connectivity index (χ3n) is 5.85. The van der Waals surface area contributed by atoms with Gasteiger partial charge in [-0.1, -0.05) is 24.3 Å². The molecule has 1 aliphatic heterocycles. The molecule has 2 aliphatic rings. The van der Waals surface area contributed by atoms with Crippen molar-refractivity contribution in [3.05, 3.63) is 65.5 Å². The molecule has 3 unspecified atom stereocenters. The maximum atomic E-state index is 13.3. The van der Waals surface area contributed by atoms with Crippen molar-refractivity contribution in [2.75, 3.05) is 18.6 Å². The molecule has 1 saturated carbocycles. The van der Waals surface area contributed by atoms with E-state index in [-0.39, 0.29) is 41.1 Å². The first-order valence-electron chi connectivity index (χ1n) is 9.75. The van der Waals surface area contributed by atoms with Gasteiger partial charge in [-0.3, -0.25) is 4.79 Å². The summed E-state index contributed by atoms with van der Waals surface area (Å²) in [5, 5.41) is 0. The van der Waals surface area contributed by atoms with Gasteiger partial charge in [-0.2, -0.15) is 0 Å². The third-order valence-corrected chi connectivity index (χ3v) is 7.60. The molecule has 29 heavy (non-hydrogen) atoms. The number of ether oxygens (including phenoxy) is 1. The molecule has 7 heteroatoms. The van der Waals surface area contributed by atoms with E-state index in [9.17, 15) is 17.6 Å². The minimum Gasteiger partial charge on any atom is -0.497 e. The predicted octanol–water partition coefficient (Wildman–Crippen LogP) is 3.15. The van der Waals surface area contributed by atoms with Gasteiger partial charge in [-0.05, 0) is 54.2 Å². The highest BCUT2D eigenvalue weighted by Gasteiger charge is 2.48. The maximum absolute atomic E-state index is 13.3. The van der Waals surface area contributed by atoms with Crippen molar-refractivity contribution in [3.8, 4) is 5.75 Å². The van der Waals surface area contributed by atoms with Crippen molar-refractivity contribution in [1.82, 2.24) is 4.90 Å². The number of hydrogen-bond acceptors (Lipinski definition) is 4. The van der Waals surface area contributed by atoms with Crippen LogP contribution in [0.5, 0.6) is 5.75 Å². The van der Waals surface area contributed by atoms with Crippen LogP contribution in [-0.2, 0) is 21.2 Å². The normalized spacial score (nSPS) is 24.8. The molecule has 2 aromatic rings. The Labute approximate surface area is 170 Å². The van der Waals surface area contributed by atoms with Crippen LogP contribution in [0.1, 0.15) is 29.9 Å². The Kier molecular flexibility index (Phi) is 5.34. The van der Waals surface area contributed by atoms with Crippen molar-refractivity contribution in [1.29, 1.82) is 0 Å². The van der Waals surface area contributed by atoms with Crippen molar-refractivity contribution in [3.63, 3.8) is 0 Å². The first-order chi connectivity index (χ1) is 13.9. The molecule has 1 amide bonds. The molecule has 154 valence electrons. The first kappa shape index (κ1) is 19.9. The van der Waals surface area contributed by atoms with Gasteiger partial charge in [0.15, 0.2) is 9.84 Å². The Morgan fingerprint density at radius 3 is 2.41 bits per heavy atom. The molecule has 1 heterocycles. The summed E-state index contributed by atoms with van der Waals surface area (Å²) in [5.41, 5.74) is 1.88. The Morgan fingerprint density at radius 2 is 1.83 bits per heavy atom. The average Bonchev–Trinajstić information content (AvgIpc) is 3.43. The second kappa shape index (κ2) is 7.78. The summed E-state index contributed by atoms with van der Waals surface area (Å²) in [4.78, 5) is 15.1. The summed E-state index contributed by atoms with van der Waals surface area (Å²) >= 11 is 0. The maximum Gasteiger partial charge on any atom is 0.226 e. The lowest BCUT2D eigenvalue weighted by molar-refractivity contribution is -0.135. The van der Waals surface area contributed by atoms with Gasteiger partial charge in [-0.15, -0.1) is 0 Å². The minimum absolute atomic E-state index is 0.0164. The van der Waals surface area contributed by atoms with Gasteiger partial charge >= 0.3 is 0 Å². The van der Waals surface area contributed by atoms with Crippen LogP contribution in [0.4, 0.5) is 4.39 Å². The van der Waals surface area contributed by atoms with Gasteiger partial charge < -0.3 is 9.64 Å². The lowest BCUT2D eigenvalue weighted by atomic mass is 10.1. The van der Waals surface area contributed by atoms with E-state index in [2.05, 4.69) is 0 Å². The SMILES string of the molecule is COc1ccc(CN(C(=O)C2CC2c2ccc(F)cc2)C2CCS(=O)(=O)C2)cc1. The number of carbonyl (C=O) groups excluding carboxylic acids is 1. The van der Waals surface area contributed by atoms with Crippen molar-refractivity contribution < 1.29 is 22.3 Å². The lowest BCUT2D eigenvalue weighted by Gasteiger charge is -2.29. The summed E-state index contributed by atoms with van der Waals surface area (Å²) in [5.74, 6) is 0.445. The van der Waals surface area contributed by atoms with Crippen molar-refractivity contribution >= 4 is 15.7 Å². The van der Waals surface area contributed by atoms with E-state index < -0.39 is 9.84 Å². The van der Waals surface area contributed by atoms with Crippen LogP contribution >= 0.6 is 0 Å². The molecule has 4 rings (SSSR count). The fourth-order valence-corrected chi connectivity index (χ4v) is 5.83. The van der Waals surface area contributed by atoms with Gasteiger partial charge in [0.1, 0.15) is 11.6 Å². The largest absolute Gasteiger partial charge is 0.497 e. The van der Waals surface area contributed by atoms with Crippen LogP contribution in [0.2, 0.25) is 0 Å². The number of amides is 1. The predicted molar refractivity (Wildman–Crippen MR) is 108 cm³/mol. The standard InChI is InChI=1S/C22H24FNO4S/c1-28-19-8-2-15(3-9-19)13-24(18-10-11-29(26,27)14-18)22(25)21-12-20(21)16-4-6-17(23)7-5-16/h2-9,18,20-21H,10-14H2,1H3. The molecular weight excluding hydrogens is 393 g/mol. The van der Waals surface area contributed by atoms with Crippen LogP contribution in [0, 0.1) is 11.7 Å². The molecule has 0 bridgehead atoms. The Morgan fingerprint density at radius 1 is 1.14 bits per heavy atom. The van der Waals surface area contributed by atoms with Gasteiger partial charge in [0, 0.05) is 18.5 Å². The smallest absolute Gasteiger partial charge is 0.226 e. The first-order valence-corrected chi connectivity index (χ1v) is 11.6. The number of sulfone groups is 1. The van der Waals surface area contributed by atoms with Gasteiger partial charge in [-0.25, -0.2) is 12.8 Å². The number of carbonyl (C=O) groups is 1. The third kappa shape index (κ3) is 4.45. The fourth-order valence-electron chi connectivity index (χ4n) is 4.10. The summed E-state index contributed by atoms with van der Waals surface area (Å²) in [6.07, 6.45) is 1.18. The summed E-state index contributed by atoms with van der Waals surface area (Å²) < 4.78 is 42.4. The number of methoxy groups -OCH3 is 1. The monoisotopic (exact) mass is 417 g/mol. The van der Waals surface area contributed by atoms with E-state index in [1.54, 1.807) is 24.1 Å². The van der Waals surface area contributed by atoms with E-state index in [4.69, 9.17) is 4.74 Å². The molecule has 2 fully saturated rings. The highest BCUT2D eigenvalue weighted by molar-refractivity contribution is 7.91. The van der Waals surface area contributed by atoms with Crippen LogP contribution in [0.15, 0.2) is 48.5 Å². The van der Waals surface area contributed by atoms with E-state index >= 15 is 0 Å². The zero-order valence-electron chi connectivity index (χ0n) is 16.3. The van der Waals surface area contributed by atoms with Gasteiger partial charge in [0.2, 0.25) is 5.91 Å². The summed E-state index contributed by atoms with van der Waals surface area (Å²) in [6.45, 7) is 0.371. The quantitative estimate of drug-likeness (QED) is 0.724. The number of benzene rings is 2. The Bertz CT molecular complexity index is 988. The highest BCUT2D eigenvalue weighted by atomic mass is 32.2. The van der Waals surface area contributed by atoms with Crippen LogP contribution in [0.3, 0.4) is 0 Å². The molecule has 0 radical (unpaired) electrons. The zero-order chi connectivity index (χ0) is 20.6. The fraction of sp³-hybridized carbons (Fsp3) is 0.409. The van der Waals surface area contributed by atoms with Gasteiger partial charge in [0.05, 0.1) is 18.6 Å². The van der Waals surface area contributed by atoms with E-state index in [1.165, 1.54) is 12.1 Å². The molecule has 3 atom stereocenters. The van der Waals surface area contributed by atoms with Crippen molar-refractivity contribution in [2.24, 2.45) is 5.92 Å². The summed E-state index contributed by atoms with van der Waals surface area (Å²) in [7, 11) is -1.51.